The highest BCUT2D eigenvalue weighted by Crippen LogP contribution is 2.26. The maximum absolute atomic E-state index is 6.00. The van der Waals surface area contributed by atoms with Gasteiger partial charge in [0.05, 0.1) is 11.9 Å². The quantitative estimate of drug-likeness (QED) is 0.912. The van der Waals surface area contributed by atoms with Crippen LogP contribution in [-0.2, 0) is 6.54 Å². The summed E-state index contributed by atoms with van der Waals surface area (Å²) in [6, 6.07) is 2.43. The third kappa shape index (κ3) is 3.23. The van der Waals surface area contributed by atoms with Crippen molar-refractivity contribution in [1.29, 1.82) is 0 Å². The van der Waals surface area contributed by atoms with E-state index in [2.05, 4.69) is 38.8 Å². The van der Waals surface area contributed by atoms with Crippen molar-refractivity contribution in [3.05, 3.63) is 28.6 Å². The van der Waals surface area contributed by atoms with Crippen LogP contribution in [0.25, 0.3) is 11.3 Å². The summed E-state index contributed by atoms with van der Waals surface area (Å²) in [7, 11) is 0. The molecule has 0 spiro atoms. The molecule has 3 heterocycles. The zero-order valence-corrected chi connectivity index (χ0v) is 13.2. The summed E-state index contributed by atoms with van der Waals surface area (Å²) in [5, 5.41) is 11.6. The molecule has 6 heteroatoms. The lowest BCUT2D eigenvalue weighted by molar-refractivity contribution is 0.309. The number of hydrogen-bond acceptors (Lipinski definition) is 4. The number of nitrogens with two attached hydrogens (primary N) is 1. The molecule has 2 aromatic heterocycles. The van der Waals surface area contributed by atoms with Crippen LogP contribution in [0.1, 0.15) is 18.9 Å². The molecule has 2 unspecified atom stereocenters. The van der Waals surface area contributed by atoms with E-state index in [1.54, 1.807) is 11.3 Å². The molecule has 2 atom stereocenters. The Balaban J connectivity index is 0.00000147. The Morgan fingerprint density at radius 2 is 2.45 bits per heavy atom. The van der Waals surface area contributed by atoms with Crippen molar-refractivity contribution in [2.24, 2.45) is 11.7 Å². The zero-order valence-electron chi connectivity index (χ0n) is 11.6. The molecular formula is C14H21ClN4S. The number of thiophene rings is 1. The lowest BCUT2D eigenvalue weighted by atomic mass is 10.0. The molecule has 0 radical (unpaired) electrons. The van der Waals surface area contributed by atoms with Crippen LogP contribution in [0.5, 0.6) is 0 Å². The molecule has 1 fully saturated rings. The predicted molar refractivity (Wildman–Crippen MR) is 86.2 cm³/mol. The van der Waals surface area contributed by atoms with E-state index in [1.807, 2.05) is 6.20 Å². The highest BCUT2D eigenvalue weighted by atomic mass is 35.5. The molecule has 3 N–H and O–H groups in total. The van der Waals surface area contributed by atoms with Crippen molar-refractivity contribution in [1.82, 2.24) is 15.1 Å². The zero-order chi connectivity index (χ0) is 13.2. The summed E-state index contributed by atoms with van der Waals surface area (Å²) in [5.74, 6) is 0.636. The summed E-state index contributed by atoms with van der Waals surface area (Å²) in [6.45, 7) is 5.32. The van der Waals surface area contributed by atoms with Gasteiger partial charge in [0.15, 0.2) is 0 Å². The van der Waals surface area contributed by atoms with Crippen LogP contribution in [0.2, 0.25) is 0 Å². The Kier molecular flexibility index (Phi) is 5.21. The first-order valence-electron chi connectivity index (χ1n) is 6.77. The van der Waals surface area contributed by atoms with Gasteiger partial charge in [0.1, 0.15) is 0 Å². The van der Waals surface area contributed by atoms with Gasteiger partial charge >= 0.3 is 0 Å². The number of aromatic nitrogens is 2. The van der Waals surface area contributed by atoms with E-state index in [1.165, 1.54) is 17.5 Å². The molecule has 20 heavy (non-hydrogen) atoms. The Bertz CT molecular complexity index is 523. The maximum atomic E-state index is 6.00. The van der Waals surface area contributed by atoms with E-state index in [0.29, 0.717) is 12.0 Å². The molecule has 1 saturated heterocycles. The van der Waals surface area contributed by atoms with Gasteiger partial charge in [-0.1, -0.05) is 0 Å². The van der Waals surface area contributed by atoms with Gasteiger partial charge in [-0.05, 0) is 37.3 Å². The number of rotatable bonds is 4. The van der Waals surface area contributed by atoms with E-state index >= 15 is 0 Å². The van der Waals surface area contributed by atoms with E-state index in [4.69, 9.17) is 5.73 Å². The number of nitrogens with zero attached hydrogens (tertiary/aromatic N) is 2. The first kappa shape index (κ1) is 15.5. The molecule has 110 valence electrons. The van der Waals surface area contributed by atoms with Gasteiger partial charge in [-0.2, -0.15) is 16.4 Å². The molecule has 0 aromatic carbocycles. The van der Waals surface area contributed by atoms with Crippen molar-refractivity contribution < 1.29 is 0 Å². The first-order valence-corrected chi connectivity index (χ1v) is 7.71. The Hall–Kier alpha value is -0.880. The molecule has 3 rings (SSSR count). The molecule has 0 saturated carbocycles. The average molecular weight is 313 g/mol. The number of aromatic amines is 1. The normalized spacial score (nSPS) is 20.8. The summed E-state index contributed by atoms with van der Waals surface area (Å²) >= 11 is 1.72. The average Bonchev–Trinajstić information content (AvgIpc) is 3.09. The second-order valence-corrected chi connectivity index (χ2v) is 6.21. The SMILES string of the molecule is CC(N)C1CCN(Cc2cn[nH]c2-c2ccsc2)C1.Cl. The molecule has 0 aliphatic carbocycles. The lowest BCUT2D eigenvalue weighted by Crippen LogP contribution is -2.29. The van der Waals surface area contributed by atoms with E-state index in [9.17, 15) is 0 Å². The van der Waals surface area contributed by atoms with Gasteiger partial charge in [-0.25, -0.2) is 0 Å². The molecular weight excluding hydrogens is 292 g/mol. The maximum Gasteiger partial charge on any atom is 0.0703 e. The fraction of sp³-hybridized carbons (Fsp3) is 0.500. The predicted octanol–water partition coefficient (Wildman–Crippen LogP) is 2.73. The molecule has 0 bridgehead atoms. The monoisotopic (exact) mass is 312 g/mol. The molecule has 4 nitrogen and oxygen atoms in total. The van der Waals surface area contributed by atoms with E-state index in [0.717, 1.165) is 25.3 Å². The number of likely N-dealkylation sites (tertiary alicyclic amines) is 1. The fourth-order valence-electron chi connectivity index (χ4n) is 2.76. The van der Waals surface area contributed by atoms with Crippen LogP contribution in [0, 0.1) is 5.92 Å². The topological polar surface area (TPSA) is 57.9 Å². The van der Waals surface area contributed by atoms with Crippen molar-refractivity contribution >= 4 is 23.7 Å². The number of nitrogens with one attached hydrogen (secondary N) is 1. The van der Waals surface area contributed by atoms with Crippen molar-refractivity contribution in [2.45, 2.75) is 25.9 Å². The van der Waals surface area contributed by atoms with Crippen LogP contribution in [0.15, 0.2) is 23.0 Å². The van der Waals surface area contributed by atoms with Crippen molar-refractivity contribution in [3.63, 3.8) is 0 Å². The van der Waals surface area contributed by atoms with Crippen molar-refractivity contribution in [3.8, 4) is 11.3 Å². The van der Waals surface area contributed by atoms with Gasteiger partial charge in [-0.3, -0.25) is 10.00 Å². The standard InChI is InChI=1S/C14H20N4S.ClH/c1-10(15)11-2-4-18(7-11)8-13-6-16-17-14(13)12-3-5-19-9-12;/h3,5-6,9-11H,2,4,7-8,15H2,1H3,(H,16,17);1H. The summed E-state index contributed by atoms with van der Waals surface area (Å²) in [6.07, 6.45) is 3.16. The lowest BCUT2D eigenvalue weighted by Gasteiger charge is -2.17. The minimum absolute atomic E-state index is 0. The highest BCUT2D eigenvalue weighted by molar-refractivity contribution is 7.08. The van der Waals surface area contributed by atoms with E-state index < -0.39 is 0 Å². The number of halogens is 1. The summed E-state index contributed by atoms with van der Waals surface area (Å²) in [4.78, 5) is 2.48. The van der Waals surface area contributed by atoms with Crippen LogP contribution in [0.4, 0.5) is 0 Å². The second kappa shape index (κ2) is 6.72. The molecule has 2 aromatic rings. The fourth-order valence-corrected chi connectivity index (χ4v) is 3.41. The van der Waals surface area contributed by atoms with Crippen LogP contribution < -0.4 is 5.73 Å². The van der Waals surface area contributed by atoms with Gasteiger partial charge in [-0.15, -0.1) is 12.4 Å². The van der Waals surface area contributed by atoms with Crippen LogP contribution in [-0.4, -0.2) is 34.2 Å². The second-order valence-electron chi connectivity index (χ2n) is 5.43. The summed E-state index contributed by atoms with van der Waals surface area (Å²) < 4.78 is 0. The molecule has 1 aliphatic rings. The third-order valence-corrected chi connectivity index (χ3v) is 4.66. The largest absolute Gasteiger partial charge is 0.328 e. The van der Waals surface area contributed by atoms with Gasteiger partial charge < -0.3 is 5.73 Å². The number of H-pyrrole nitrogens is 1. The molecule has 1 aliphatic heterocycles. The minimum atomic E-state index is 0. The van der Waals surface area contributed by atoms with E-state index in [-0.39, 0.29) is 12.4 Å². The molecule has 0 amide bonds. The van der Waals surface area contributed by atoms with Gasteiger partial charge in [0, 0.05) is 35.6 Å². The van der Waals surface area contributed by atoms with Gasteiger partial charge in [0.2, 0.25) is 0 Å². The smallest absolute Gasteiger partial charge is 0.0703 e. The Labute approximate surface area is 129 Å². The number of hydrogen-bond donors (Lipinski definition) is 2. The third-order valence-electron chi connectivity index (χ3n) is 3.97. The van der Waals surface area contributed by atoms with Crippen LogP contribution in [0.3, 0.4) is 0 Å². The summed E-state index contributed by atoms with van der Waals surface area (Å²) in [5.41, 5.74) is 9.67. The highest BCUT2D eigenvalue weighted by Gasteiger charge is 2.25. The van der Waals surface area contributed by atoms with Gasteiger partial charge in [0.25, 0.3) is 0 Å². The Morgan fingerprint density at radius 1 is 1.60 bits per heavy atom. The Morgan fingerprint density at radius 3 is 3.10 bits per heavy atom. The van der Waals surface area contributed by atoms with Crippen LogP contribution >= 0.6 is 23.7 Å². The first-order chi connectivity index (χ1) is 9.24. The minimum Gasteiger partial charge on any atom is -0.328 e. The van der Waals surface area contributed by atoms with Crippen molar-refractivity contribution in [2.75, 3.05) is 13.1 Å².